The van der Waals surface area contributed by atoms with Gasteiger partial charge in [0.2, 0.25) is 0 Å². The highest BCUT2D eigenvalue weighted by Crippen LogP contribution is 2.06. The molecule has 0 aliphatic heterocycles. The molecule has 3 N–H and O–H groups in total. The Kier molecular flexibility index (Phi) is 3.03. The molecule has 4 nitrogen and oxygen atoms in total. The predicted molar refractivity (Wildman–Crippen MR) is 50.0 cm³/mol. The van der Waals surface area contributed by atoms with Gasteiger partial charge in [0.05, 0.1) is 11.3 Å². The van der Waals surface area contributed by atoms with E-state index in [0.29, 0.717) is 12.1 Å². The van der Waals surface area contributed by atoms with E-state index in [9.17, 15) is 4.79 Å². The summed E-state index contributed by atoms with van der Waals surface area (Å²) >= 11 is 0. The number of nitrogen functional groups attached to an aromatic ring is 1. The number of pyridine rings is 1. The van der Waals surface area contributed by atoms with E-state index in [1.165, 1.54) is 6.20 Å². The van der Waals surface area contributed by atoms with Crippen LogP contribution in [0.25, 0.3) is 0 Å². The Labute approximate surface area is 76.5 Å². The van der Waals surface area contributed by atoms with Crippen molar-refractivity contribution in [2.45, 2.75) is 0 Å². The number of hydrogen-bond acceptors (Lipinski definition) is 3. The van der Waals surface area contributed by atoms with Gasteiger partial charge in [-0.2, -0.15) is 0 Å². The fourth-order valence-corrected chi connectivity index (χ4v) is 0.827. The van der Waals surface area contributed by atoms with Crippen LogP contribution in [0.2, 0.25) is 0 Å². The molecule has 4 heteroatoms. The van der Waals surface area contributed by atoms with E-state index in [0.717, 1.165) is 0 Å². The number of aromatic nitrogens is 1. The Bertz CT molecular complexity index is 322. The molecular weight excluding hydrogens is 166 g/mol. The van der Waals surface area contributed by atoms with Crippen molar-refractivity contribution in [2.75, 3.05) is 12.3 Å². The summed E-state index contributed by atoms with van der Waals surface area (Å²) in [6, 6.07) is 1.55. The van der Waals surface area contributed by atoms with Crippen LogP contribution in [0, 0.1) is 6.20 Å². The molecule has 0 bridgehead atoms. The Morgan fingerprint density at radius 1 is 1.85 bits per heavy atom. The highest BCUT2D eigenvalue weighted by atomic mass is 16.1. The van der Waals surface area contributed by atoms with Crippen LogP contribution in [-0.4, -0.2) is 17.4 Å². The molecule has 0 saturated heterocycles. The summed E-state index contributed by atoms with van der Waals surface area (Å²) in [6.45, 7) is 3.90. The second-order valence-corrected chi connectivity index (χ2v) is 2.38. The maximum atomic E-state index is 11.3. The fraction of sp³-hybridized carbons (Fsp3) is 0.111. The van der Waals surface area contributed by atoms with Crippen LogP contribution in [0.3, 0.4) is 0 Å². The highest BCUT2D eigenvalue weighted by Gasteiger charge is 2.07. The monoisotopic (exact) mass is 176 g/mol. The van der Waals surface area contributed by atoms with Crippen LogP contribution >= 0.6 is 0 Å². The number of nitrogens with one attached hydrogen (secondary N) is 1. The molecule has 1 aromatic heterocycles. The molecule has 0 aliphatic rings. The summed E-state index contributed by atoms with van der Waals surface area (Å²) in [5, 5.41) is 2.60. The molecule has 0 spiro atoms. The Morgan fingerprint density at radius 2 is 2.62 bits per heavy atom. The van der Waals surface area contributed by atoms with Crippen LogP contribution in [0.1, 0.15) is 10.4 Å². The van der Waals surface area contributed by atoms with Crippen LogP contribution in [0.4, 0.5) is 5.69 Å². The van der Waals surface area contributed by atoms with Gasteiger partial charge in [-0.15, -0.1) is 6.58 Å². The average Bonchev–Trinajstić information content (AvgIpc) is 2.15. The van der Waals surface area contributed by atoms with Crippen molar-refractivity contribution in [3.8, 4) is 0 Å². The van der Waals surface area contributed by atoms with E-state index < -0.39 is 0 Å². The molecule has 13 heavy (non-hydrogen) atoms. The van der Waals surface area contributed by atoms with Crippen molar-refractivity contribution in [2.24, 2.45) is 0 Å². The lowest BCUT2D eigenvalue weighted by Crippen LogP contribution is -2.24. The second kappa shape index (κ2) is 4.25. The zero-order chi connectivity index (χ0) is 9.68. The summed E-state index contributed by atoms with van der Waals surface area (Å²) in [5.41, 5.74) is 6.13. The van der Waals surface area contributed by atoms with E-state index in [2.05, 4.69) is 23.1 Å². The van der Waals surface area contributed by atoms with Gasteiger partial charge in [-0.1, -0.05) is 6.08 Å². The van der Waals surface area contributed by atoms with Gasteiger partial charge in [0.15, 0.2) is 0 Å². The van der Waals surface area contributed by atoms with E-state index in [1.807, 2.05) is 0 Å². The summed E-state index contributed by atoms with van der Waals surface area (Å²) in [5.74, 6) is -0.240. The van der Waals surface area contributed by atoms with Crippen LogP contribution in [0.15, 0.2) is 24.9 Å². The molecule has 67 valence electrons. The Morgan fingerprint density at radius 3 is 3.23 bits per heavy atom. The number of amides is 1. The van der Waals surface area contributed by atoms with E-state index >= 15 is 0 Å². The highest BCUT2D eigenvalue weighted by molar-refractivity contribution is 5.98. The molecule has 0 atom stereocenters. The first-order valence-corrected chi connectivity index (χ1v) is 3.77. The molecule has 0 fully saturated rings. The van der Waals surface area contributed by atoms with Crippen molar-refractivity contribution in [1.82, 2.24) is 10.3 Å². The third-order valence-electron chi connectivity index (χ3n) is 1.44. The topological polar surface area (TPSA) is 68.0 Å². The quantitative estimate of drug-likeness (QED) is 0.654. The number of hydrogen-bond donors (Lipinski definition) is 2. The molecule has 0 aliphatic carbocycles. The van der Waals surface area contributed by atoms with E-state index in [-0.39, 0.29) is 11.6 Å². The lowest BCUT2D eigenvalue weighted by Gasteiger charge is -2.03. The van der Waals surface area contributed by atoms with Crippen LogP contribution in [0.5, 0.6) is 0 Å². The SMILES string of the molecule is C=CCNC(=O)c1ccn[c]c1N. The summed E-state index contributed by atoms with van der Waals surface area (Å²) in [7, 11) is 0. The first-order chi connectivity index (χ1) is 6.25. The fourth-order valence-electron chi connectivity index (χ4n) is 0.827. The Hall–Kier alpha value is -1.84. The van der Waals surface area contributed by atoms with E-state index in [4.69, 9.17) is 5.73 Å². The first-order valence-electron chi connectivity index (χ1n) is 3.77. The lowest BCUT2D eigenvalue weighted by molar-refractivity contribution is 0.0959. The van der Waals surface area contributed by atoms with Gasteiger partial charge < -0.3 is 11.1 Å². The van der Waals surface area contributed by atoms with Crippen molar-refractivity contribution in [3.63, 3.8) is 0 Å². The summed E-state index contributed by atoms with van der Waals surface area (Å²) < 4.78 is 0. The molecule has 1 heterocycles. The number of carbonyl (C=O) groups excluding carboxylic acids is 1. The molecule has 1 aromatic rings. The first kappa shape index (κ1) is 9.25. The normalized spacial score (nSPS) is 9.23. The summed E-state index contributed by atoms with van der Waals surface area (Å²) in [4.78, 5) is 15.0. The van der Waals surface area contributed by atoms with Crippen LogP contribution < -0.4 is 11.1 Å². The average molecular weight is 176 g/mol. The minimum absolute atomic E-state index is 0.240. The molecule has 1 radical (unpaired) electrons. The van der Waals surface area contributed by atoms with Crippen molar-refractivity contribution < 1.29 is 4.79 Å². The zero-order valence-electron chi connectivity index (χ0n) is 7.08. The smallest absolute Gasteiger partial charge is 0.253 e. The van der Waals surface area contributed by atoms with Gasteiger partial charge in [0, 0.05) is 12.7 Å². The van der Waals surface area contributed by atoms with Gasteiger partial charge in [0.25, 0.3) is 5.91 Å². The Balaban J connectivity index is 2.76. The van der Waals surface area contributed by atoms with Crippen LogP contribution in [-0.2, 0) is 0 Å². The lowest BCUT2D eigenvalue weighted by atomic mass is 10.2. The summed E-state index contributed by atoms with van der Waals surface area (Å²) in [6.07, 6.45) is 5.57. The molecule has 1 rings (SSSR count). The van der Waals surface area contributed by atoms with Gasteiger partial charge in [-0.3, -0.25) is 9.78 Å². The van der Waals surface area contributed by atoms with Gasteiger partial charge in [-0.05, 0) is 6.07 Å². The maximum absolute atomic E-state index is 11.3. The van der Waals surface area contributed by atoms with E-state index in [1.54, 1.807) is 12.1 Å². The number of nitrogens with zero attached hydrogens (tertiary/aromatic N) is 1. The third kappa shape index (κ3) is 2.30. The zero-order valence-corrected chi connectivity index (χ0v) is 7.08. The largest absolute Gasteiger partial charge is 0.396 e. The predicted octanol–water partition coefficient (Wildman–Crippen LogP) is 0.380. The number of rotatable bonds is 3. The molecule has 1 amide bonds. The van der Waals surface area contributed by atoms with Gasteiger partial charge in [-0.25, -0.2) is 0 Å². The van der Waals surface area contributed by atoms with Crippen molar-refractivity contribution in [3.05, 3.63) is 36.7 Å². The third-order valence-corrected chi connectivity index (χ3v) is 1.44. The van der Waals surface area contributed by atoms with Crippen molar-refractivity contribution in [1.29, 1.82) is 0 Å². The minimum Gasteiger partial charge on any atom is -0.396 e. The van der Waals surface area contributed by atoms with Gasteiger partial charge in [0.1, 0.15) is 6.20 Å². The number of anilines is 1. The van der Waals surface area contributed by atoms with Crippen molar-refractivity contribution >= 4 is 11.6 Å². The molecule has 0 unspecified atom stereocenters. The number of carbonyl (C=O) groups is 1. The minimum atomic E-state index is -0.240. The standard InChI is InChI=1S/C9H10N3O/c1-2-4-12-9(13)7-3-5-11-6-8(7)10/h2-3,5H,1,4,10H2,(H,12,13). The number of nitrogens with two attached hydrogens (primary N) is 1. The molecule has 0 aromatic carbocycles. The molecular formula is C9H10N3O. The second-order valence-electron chi connectivity index (χ2n) is 2.38. The van der Waals surface area contributed by atoms with Gasteiger partial charge >= 0.3 is 0 Å². The maximum Gasteiger partial charge on any atom is 0.253 e. The molecule has 0 saturated carbocycles.